The normalized spacial score (nSPS) is 11.0. The predicted molar refractivity (Wildman–Crippen MR) is 87.2 cm³/mol. The second-order valence-electron chi connectivity index (χ2n) is 5.13. The lowest BCUT2D eigenvalue weighted by Crippen LogP contribution is -2.17. The molecule has 0 atom stereocenters. The van der Waals surface area contributed by atoms with Crippen LogP contribution in [0.3, 0.4) is 0 Å². The maximum Gasteiger partial charge on any atom is 0.343 e. The summed E-state index contributed by atoms with van der Waals surface area (Å²) in [4.78, 5) is 16.0. The first kappa shape index (κ1) is 15.5. The molecule has 0 saturated carbocycles. The number of thioether (sulfide) groups is 1. The molecule has 0 aliphatic rings. The molecule has 0 saturated heterocycles. The van der Waals surface area contributed by atoms with Crippen molar-refractivity contribution < 1.29 is 4.52 Å². The highest BCUT2D eigenvalue weighted by Crippen LogP contribution is 2.21. The minimum atomic E-state index is -0.194. The number of aromatic nitrogens is 5. The molecule has 0 radical (unpaired) electrons. The Hall–Kier alpha value is -2.35. The molecule has 2 heterocycles. The number of aryl methyl sites for hydroxylation is 1. The number of hydrogen-bond donors (Lipinski definition) is 1. The van der Waals surface area contributed by atoms with E-state index < -0.39 is 0 Å². The molecule has 2 aromatic heterocycles. The molecule has 120 valence electrons. The molecule has 0 unspecified atom stereocenters. The zero-order chi connectivity index (χ0) is 16.2. The van der Waals surface area contributed by atoms with Crippen molar-refractivity contribution >= 4 is 11.8 Å². The molecule has 8 heteroatoms. The first-order valence-electron chi connectivity index (χ1n) is 7.35. The van der Waals surface area contributed by atoms with Gasteiger partial charge in [0.2, 0.25) is 11.7 Å². The van der Waals surface area contributed by atoms with Gasteiger partial charge in [-0.2, -0.15) is 4.98 Å². The van der Waals surface area contributed by atoms with E-state index in [1.165, 1.54) is 17.3 Å². The van der Waals surface area contributed by atoms with Crippen LogP contribution in [0.2, 0.25) is 0 Å². The highest BCUT2D eigenvalue weighted by atomic mass is 32.2. The monoisotopic (exact) mass is 331 g/mol. The summed E-state index contributed by atoms with van der Waals surface area (Å²) in [5.74, 6) is 1.53. The van der Waals surface area contributed by atoms with Gasteiger partial charge in [0, 0.05) is 12.1 Å². The Labute approximate surface area is 137 Å². The van der Waals surface area contributed by atoms with E-state index in [4.69, 9.17) is 4.52 Å². The summed E-state index contributed by atoms with van der Waals surface area (Å²) in [6.07, 6.45) is 0.866. The van der Waals surface area contributed by atoms with Crippen molar-refractivity contribution in [1.29, 1.82) is 0 Å². The second-order valence-corrected chi connectivity index (χ2v) is 6.07. The minimum Gasteiger partial charge on any atom is -0.338 e. The molecule has 3 aromatic rings. The standard InChI is InChI=1S/C15H17N5O2S/c1-3-8-20-14(21)17-18-15(20)23-9-12-16-13(19-22-12)11-6-4-10(2)5-7-11/h4-7H,3,8-9H2,1-2H3,(H,17,21). The molecule has 7 nitrogen and oxygen atoms in total. The summed E-state index contributed by atoms with van der Waals surface area (Å²) >= 11 is 1.40. The van der Waals surface area contributed by atoms with E-state index >= 15 is 0 Å². The summed E-state index contributed by atoms with van der Waals surface area (Å²) in [5.41, 5.74) is 1.90. The molecular formula is C15H17N5O2S. The SMILES string of the molecule is CCCn1c(SCc2nc(-c3ccc(C)cc3)no2)n[nH]c1=O. The fraction of sp³-hybridized carbons (Fsp3) is 0.333. The Morgan fingerprint density at radius 2 is 2.09 bits per heavy atom. The number of aromatic amines is 1. The third-order valence-corrected chi connectivity index (χ3v) is 4.23. The molecule has 3 rings (SSSR count). The maximum absolute atomic E-state index is 11.6. The van der Waals surface area contributed by atoms with E-state index in [-0.39, 0.29) is 5.69 Å². The molecule has 0 aliphatic heterocycles. The van der Waals surface area contributed by atoms with E-state index in [1.54, 1.807) is 4.57 Å². The Bertz CT molecular complexity index is 834. The largest absolute Gasteiger partial charge is 0.343 e. The molecule has 0 aliphatic carbocycles. The number of hydrogen-bond acceptors (Lipinski definition) is 6. The third-order valence-electron chi connectivity index (χ3n) is 3.27. The van der Waals surface area contributed by atoms with E-state index in [9.17, 15) is 4.79 Å². The predicted octanol–water partition coefficient (Wildman–Crippen LogP) is 2.63. The average Bonchev–Trinajstić information content (AvgIpc) is 3.15. The summed E-state index contributed by atoms with van der Waals surface area (Å²) in [5, 5.41) is 11.1. The third kappa shape index (κ3) is 3.53. The Balaban J connectivity index is 1.70. The average molecular weight is 331 g/mol. The van der Waals surface area contributed by atoms with Crippen LogP contribution < -0.4 is 5.69 Å². The number of H-pyrrole nitrogens is 1. The van der Waals surface area contributed by atoms with Crippen molar-refractivity contribution in [2.45, 2.75) is 37.7 Å². The Kier molecular flexibility index (Phi) is 4.61. The molecule has 0 fully saturated rings. The quantitative estimate of drug-likeness (QED) is 0.698. The zero-order valence-electron chi connectivity index (χ0n) is 12.9. The second kappa shape index (κ2) is 6.82. The highest BCUT2D eigenvalue weighted by Gasteiger charge is 2.12. The van der Waals surface area contributed by atoms with Crippen molar-refractivity contribution in [3.63, 3.8) is 0 Å². The maximum atomic E-state index is 11.6. The van der Waals surface area contributed by atoms with Gasteiger partial charge >= 0.3 is 5.69 Å². The van der Waals surface area contributed by atoms with Crippen LogP contribution in [0.15, 0.2) is 38.7 Å². The van der Waals surface area contributed by atoms with Crippen LogP contribution >= 0.6 is 11.8 Å². The number of nitrogens with zero attached hydrogens (tertiary/aromatic N) is 4. The van der Waals surface area contributed by atoms with Crippen molar-refractivity contribution in [1.82, 2.24) is 24.9 Å². The molecule has 23 heavy (non-hydrogen) atoms. The molecule has 0 spiro atoms. The lowest BCUT2D eigenvalue weighted by atomic mass is 10.1. The molecular weight excluding hydrogens is 314 g/mol. The van der Waals surface area contributed by atoms with Crippen LogP contribution in [-0.2, 0) is 12.3 Å². The van der Waals surface area contributed by atoms with Gasteiger partial charge in [-0.3, -0.25) is 4.57 Å². The number of nitrogens with one attached hydrogen (secondary N) is 1. The van der Waals surface area contributed by atoms with Gasteiger partial charge < -0.3 is 4.52 Å². The van der Waals surface area contributed by atoms with Crippen LogP contribution in [0.1, 0.15) is 24.8 Å². The Morgan fingerprint density at radius 1 is 1.30 bits per heavy atom. The molecule has 1 N–H and O–H groups in total. The summed E-state index contributed by atoms with van der Waals surface area (Å²) in [7, 11) is 0. The van der Waals surface area contributed by atoms with E-state index in [1.807, 2.05) is 38.1 Å². The molecule has 0 bridgehead atoms. The van der Waals surface area contributed by atoms with Gasteiger partial charge in [-0.05, 0) is 13.3 Å². The van der Waals surface area contributed by atoms with Gasteiger partial charge in [-0.15, -0.1) is 5.10 Å². The van der Waals surface area contributed by atoms with E-state index in [2.05, 4.69) is 20.3 Å². The topological polar surface area (TPSA) is 89.6 Å². The van der Waals surface area contributed by atoms with Crippen molar-refractivity contribution in [3.8, 4) is 11.4 Å². The van der Waals surface area contributed by atoms with E-state index in [0.29, 0.717) is 29.2 Å². The van der Waals surface area contributed by atoms with Gasteiger partial charge in [0.15, 0.2) is 5.16 Å². The smallest absolute Gasteiger partial charge is 0.338 e. The fourth-order valence-corrected chi connectivity index (χ4v) is 2.90. The lowest BCUT2D eigenvalue weighted by Gasteiger charge is -2.01. The van der Waals surface area contributed by atoms with Gasteiger partial charge in [0.25, 0.3) is 0 Å². The highest BCUT2D eigenvalue weighted by molar-refractivity contribution is 7.98. The molecule has 0 amide bonds. The summed E-state index contributed by atoms with van der Waals surface area (Å²) < 4.78 is 6.88. The van der Waals surface area contributed by atoms with Gasteiger partial charge in [0.05, 0.1) is 5.75 Å². The zero-order valence-corrected chi connectivity index (χ0v) is 13.8. The minimum absolute atomic E-state index is 0.194. The number of rotatable bonds is 6. The van der Waals surface area contributed by atoms with Crippen LogP contribution in [0.4, 0.5) is 0 Å². The molecule has 1 aromatic carbocycles. The van der Waals surface area contributed by atoms with Gasteiger partial charge in [0.1, 0.15) is 0 Å². The first-order chi connectivity index (χ1) is 11.2. The van der Waals surface area contributed by atoms with E-state index in [0.717, 1.165) is 12.0 Å². The van der Waals surface area contributed by atoms with Gasteiger partial charge in [-0.25, -0.2) is 9.89 Å². The number of benzene rings is 1. The van der Waals surface area contributed by atoms with Gasteiger partial charge in [-0.1, -0.05) is 53.7 Å². The first-order valence-corrected chi connectivity index (χ1v) is 8.33. The Morgan fingerprint density at radius 3 is 2.83 bits per heavy atom. The fourth-order valence-electron chi connectivity index (χ4n) is 2.09. The van der Waals surface area contributed by atoms with Crippen LogP contribution in [0, 0.1) is 6.92 Å². The van der Waals surface area contributed by atoms with Crippen LogP contribution in [0.25, 0.3) is 11.4 Å². The van der Waals surface area contributed by atoms with Crippen molar-refractivity contribution in [2.75, 3.05) is 0 Å². The van der Waals surface area contributed by atoms with Crippen molar-refractivity contribution in [2.24, 2.45) is 0 Å². The lowest BCUT2D eigenvalue weighted by molar-refractivity contribution is 0.391. The summed E-state index contributed by atoms with van der Waals surface area (Å²) in [6, 6.07) is 7.94. The van der Waals surface area contributed by atoms with Crippen LogP contribution in [0.5, 0.6) is 0 Å². The van der Waals surface area contributed by atoms with Crippen molar-refractivity contribution in [3.05, 3.63) is 46.2 Å². The summed E-state index contributed by atoms with van der Waals surface area (Å²) in [6.45, 7) is 4.68. The van der Waals surface area contributed by atoms with Crippen LogP contribution in [-0.4, -0.2) is 24.9 Å².